The highest BCUT2D eigenvalue weighted by molar-refractivity contribution is 5.00. The Bertz CT molecular complexity index is 273. The zero-order valence-corrected chi connectivity index (χ0v) is 8.66. The molecule has 0 aliphatic heterocycles. The molecule has 0 spiro atoms. The van der Waals surface area contributed by atoms with E-state index in [0.29, 0.717) is 12.3 Å². The molecule has 0 aliphatic carbocycles. The molecule has 0 radical (unpaired) electrons. The molecule has 0 saturated heterocycles. The van der Waals surface area contributed by atoms with Gasteiger partial charge in [-0.2, -0.15) is 4.98 Å². The smallest absolute Gasteiger partial charge is 0.228 e. The summed E-state index contributed by atoms with van der Waals surface area (Å²) in [6.07, 6.45) is 0.642. The molecule has 1 rings (SSSR count). The maximum Gasteiger partial charge on any atom is 0.228 e. The van der Waals surface area contributed by atoms with Crippen molar-refractivity contribution >= 4 is 0 Å². The molecule has 1 unspecified atom stereocenters. The van der Waals surface area contributed by atoms with Crippen molar-refractivity contribution in [3.8, 4) is 0 Å². The summed E-state index contributed by atoms with van der Waals surface area (Å²) in [5.74, 6) is 1.36. The van der Waals surface area contributed by atoms with E-state index in [9.17, 15) is 0 Å². The molecule has 0 saturated carbocycles. The Hall–Kier alpha value is -0.900. The highest BCUT2D eigenvalue weighted by Crippen LogP contribution is 2.18. The third-order valence-corrected chi connectivity index (χ3v) is 1.64. The summed E-state index contributed by atoms with van der Waals surface area (Å²) in [5.41, 5.74) is 5.56. The van der Waals surface area contributed by atoms with E-state index in [-0.39, 0.29) is 11.5 Å². The first-order valence-corrected chi connectivity index (χ1v) is 4.48. The predicted octanol–water partition coefficient (Wildman–Crippen LogP) is 1.26. The number of aromatic nitrogens is 2. The molecule has 2 N–H and O–H groups in total. The third kappa shape index (κ3) is 2.81. The van der Waals surface area contributed by atoms with Gasteiger partial charge in [0, 0.05) is 17.9 Å². The van der Waals surface area contributed by atoms with E-state index in [0.717, 1.165) is 5.82 Å². The van der Waals surface area contributed by atoms with Gasteiger partial charge in [-0.25, -0.2) is 0 Å². The largest absolute Gasteiger partial charge is 0.339 e. The lowest BCUT2D eigenvalue weighted by atomic mass is 9.96. The number of nitrogens with zero attached hydrogens (tertiary/aromatic N) is 2. The Kier molecular flexibility index (Phi) is 2.71. The fraction of sp³-hybridized carbons (Fsp3) is 0.778. The van der Waals surface area contributed by atoms with Gasteiger partial charge in [0.25, 0.3) is 0 Å². The van der Waals surface area contributed by atoms with Crippen molar-refractivity contribution in [2.24, 2.45) is 5.73 Å². The Morgan fingerprint density at radius 3 is 2.46 bits per heavy atom. The van der Waals surface area contributed by atoms with Crippen molar-refractivity contribution in [2.75, 3.05) is 0 Å². The maximum atomic E-state index is 5.61. The molecule has 0 fully saturated rings. The molecule has 0 amide bonds. The van der Waals surface area contributed by atoms with Crippen molar-refractivity contribution in [3.05, 3.63) is 11.7 Å². The average Bonchev–Trinajstić information content (AvgIpc) is 2.32. The van der Waals surface area contributed by atoms with E-state index in [4.69, 9.17) is 10.3 Å². The van der Waals surface area contributed by atoms with Crippen LogP contribution in [0.1, 0.15) is 39.4 Å². The van der Waals surface area contributed by atoms with E-state index >= 15 is 0 Å². The summed E-state index contributed by atoms with van der Waals surface area (Å²) in [4.78, 5) is 4.26. The summed E-state index contributed by atoms with van der Waals surface area (Å²) in [5, 5.41) is 3.90. The van der Waals surface area contributed by atoms with Gasteiger partial charge in [-0.15, -0.1) is 0 Å². The second-order valence-corrected chi connectivity index (χ2v) is 4.44. The van der Waals surface area contributed by atoms with Crippen LogP contribution in [0.25, 0.3) is 0 Å². The summed E-state index contributed by atoms with van der Waals surface area (Å²) >= 11 is 0. The summed E-state index contributed by atoms with van der Waals surface area (Å²) in [7, 11) is 0. The average molecular weight is 183 g/mol. The molecule has 1 heterocycles. The molecule has 0 bridgehead atoms. The minimum Gasteiger partial charge on any atom is -0.339 e. The molecule has 4 heteroatoms. The number of hydrogen-bond donors (Lipinski definition) is 1. The fourth-order valence-corrected chi connectivity index (χ4v) is 0.918. The first-order chi connectivity index (χ1) is 5.89. The maximum absolute atomic E-state index is 5.61. The Balaban J connectivity index is 2.75. The predicted molar refractivity (Wildman–Crippen MR) is 50.4 cm³/mol. The van der Waals surface area contributed by atoms with Gasteiger partial charge in [0.05, 0.1) is 0 Å². The van der Waals surface area contributed by atoms with Gasteiger partial charge in [-0.05, 0) is 6.92 Å². The fourth-order valence-electron chi connectivity index (χ4n) is 0.918. The molecule has 0 aromatic carbocycles. The zero-order chi connectivity index (χ0) is 10.1. The van der Waals surface area contributed by atoms with Gasteiger partial charge < -0.3 is 10.3 Å². The van der Waals surface area contributed by atoms with Crippen LogP contribution in [0.2, 0.25) is 0 Å². The highest BCUT2D eigenvalue weighted by Gasteiger charge is 2.20. The first-order valence-electron chi connectivity index (χ1n) is 4.48. The summed E-state index contributed by atoms with van der Waals surface area (Å²) < 4.78 is 5.06. The number of hydrogen-bond acceptors (Lipinski definition) is 4. The lowest BCUT2D eigenvalue weighted by molar-refractivity contribution is 0.357. The van der Waals surface area contributed by atoms with Crippen LogP contribution < -0.4 is 5.73 Å². The zero-order valence-electron chi connectivity index (χ0n) is 8.66. The second kappa shape index (κ2) is 3.46. The van der Waals surface area contributed by atoms with Crippen molar-refractivity contribution in [1.82, 2.24) is 10.1 Å². The lowest BCUT2D eigenvalue weighted by Gasteiger charge is -2.10. The topological polar surface area (TPSA) is 64.9 Å². The highest BCUT2D eigenvalue weighted by atomic mass is 16.5. The second-order valence-electron chi connectivity index (χ2n) is 4.44. The van der Waals surface area contributed by atoms with E-state index in [1.54, 1.807) is 0 Å². The van der Waals surface area contributed by atoms with Crippen LogP contribution in [-0.2, 0) is 11.8 Å². The van der Waals surface area contributed by atoms with Gasteiger partial charge in [-0.1, -0.05) is 25.9 Å². The van der Waals surface area contributed by atoms with Crippen LogP contribution >= 0.6 is 0 Å². The quantitative estimate of drug-likeness (QED) is 0.749. The summed E-state index contributed by atoms with van der Waals surface area (Å²) in [6, 6.07) is 0.0632. The molecular formula is C9H17N3O. The Morgan fingerprint density at radius 2 is 2.08 bits per heavy atom. The van der Waals surface area contributed by atoms with Crippen molar-refractivity contribution in [2.45, 2.75) is 45.6 Å². The first kappa shape index (κ1) is 10.2. The van der Waals surface area contributed by atoms with Crippen LogP contribution in [0.15, 0.2) is 4.52 Å². The number of nitrogens with two attached hydrogens (primary N) is 1. The lowest BCUT2D eigenvalue weighted by Crippen LogP contribution is -2.18. The minimum atomic E-state index is -0.0560. The number of rotatable bonds is 2. The van der Waals surface area contributed by atoms with Gasteiger partial charge in [-0.3, -0.25) is 0 Å². The van der Waals surface area contributed by atoms with E-state index in [1.165, 1.54) is 0 Å². The molecular weight excluding hydrogens is 166 g/mol. The molecule has 1 atom stereocenters. The minimum absolute atomic E-state index is 0.0560. The SMILES string of the molecule is CC(N)Cc1nc(C(C)(C)C)no1. The normalized spacial score (nSPS) is 14.5. The standard InChI is InChI=1S/C9H17N3O/c1-6(10)5-7-11-8(12-13-7)9(2,3)4/h6H,5,10H2,1-4H3. The Morgan fingerprint density at radius 1 is 1.46 bits per heavy atom. The molecule has 4 nitrogen and oxygen atoms in total. The van der Waals surface area contributed by atoms with Crippen LogP contribution in [0.5, 0.6) is 0 Å². The van der Waals surface area contributed by atoms with Crippen LogP contribution in [0.4, 0.5) is 0 Å². The van der Waals surface area contributed by atoms with E-state index in [2.05, 4.69) is 10.1 Å². The molecule has 1 aromatic rings. The van der Waals surface area contributed by atoms with E-state index in [1.807, 2.05) is 27.7 Å². The van der Waals surface area contributed by atoms with Crippen LogP contribution in [-0.4, -0.2) is 16.2 Å². The molecule has 13 heavy (non-hydrogen) atoms. The van der Waals surface area contributed by atoms with Crippen molar-refractivity contribution in [3.63, 3.8) is 0 Å². The third-order valence-electron chi connectivity index (χ3n) is 1.64. The monoisotopic (exact) mass is 183 g/mol. The van der Waals surface area contributed by atoms with Crippen LogP contribution in [0.3, 0.4) is 0 Å². The van der Waals surface area contributed by atoms with Crippen LogP contribution in [0, 0.1) is 0 Å². The van der Waals surface area contributed by atoms with Crippen molar-refractivity contribution in [1.29, 1.82) is 0 Å². The van der Waals surface area contributed by atoms with Crippen molar-refractivity contribution < 1.29 is 4.52 Å². The Labute approximate surface area is 78.5 Å². The molecule has 74 valence electrons. The van der Waals surface area contributed by atoms with Gasteiger partial charge in [0.15, 0.2) is 5.82 Å². The van der Waals surface area contributed by atoms with Gasteiger partial charge in [0.1, 0.15) is 0 Å². The van der Waals surface area contributed by atoms with E-state index < -0.39 is 0 Å². The molecule has 0 aliphatic rings. The van der Waals surface area contributed by atoms with Gasteiger partial charge in [0.2, 0.25) is 5.89 Å². The van der Waals surface area contributed by atoms with Gasteiger partial charge >= 0.3 is 0 Å². The molecule has 1 aromatic heterocycles. The summed E-state index contributed by atoms with van der Waals surface area (Å²) in [6.45, 7) is 8.06.